The molecule has 0 fully saturated rings. The van der Waals surface area contributed by atoms with Gasteiger partial charge in [-0.25, -0.2) is 14.0 Å². The fraction of sp³-hybridized carbons (Fsp3) is 0.150. The summed E-state index contributed by atoms with van der Waals surface area (Å²) in [7, 11) is 0. The van der Waals surface area contributed by atoms with Gasteiger partial charge in [-0.3, -0.25) is 4.79 Å². The molecule has 29 heavy (non-hydrogen) atoms. The summed E-state index contributed by atoms with van der Waals surface area (Å²) >= 11 is 0. The Kier molecular flexibility index (Phi) is 6.08. The number of ether oxygens (including phenoxy) is 1. The van der Waals surface area contributed by atoms with Crippen molar-refractivity contribution in [2.75, 3.05) is 6.61 Å². The van der Waals surface area contributed by atoms with Gasteiger partial charge in [-0.1, -0.05) is 52.8 Å². The predicted octanol–water partition coefficient (Wildman–Crippen LogP) is 1.54. The lowest BCUT2D eigenvalue weighted by Gasteiger charge is -2.00. The summed E-state index contributed by atoms with van der Waals surface area (Å²) < 4.78 is 19.3. The molecule has 0 saturated carbocycles. The Morgan fingerprint density at radius 2 is 1.97 bits per heavy atom. The van der Waals surface area contributed by atoms with E-state index in [1.165, 1.54) is 24.4 Å². The maximum atomic E-state index is 13.3. The number of benzene rings is 2. The lowest BCUT2D eigenvalue weighted by Crippen LogP contribution is -2.46. The minimum atomic E-state index is -0.880. The van der Waals surface area contributed by atoms with Crippen molar-refractivity contribution in [3.63, 3.8) is 0 Å². The van der Waals surface area contributed by atoms with Crippen LogP contribution in [0.15, 0.2) is 64.5 Å². The van der Waals surface area contributed by atoms with Crippen molar-refractivity contribution < 1.29 is 23.4 Å². The summed E-state index contributed by atoms with van der Waals surface area (Å²) in [5.41, 5.74) is -0.327. The number of nitrogens with one attached hydrogen (secondary N) is 1. The predicted molar refractivity (Wildman–Crippen MR) is 101 cm³/mol. The maximum Gasteiger partial charge on any atom is 0.434 e. The SMILES string of the molecule is CCOC(=O)c1c(=O)n(/N=C/c2cccc(F)c2)[nH][n+]1CC(=O)c1ccccc1. The molecule has 1 heterocycles. The smallest absolute Gasteiger partial charge is 0.434 e. The van der Waals surface area contributed by atoms with Crippen LogP contribution in [0.1, 0.15) is 33.3 Å². The van der Waals surface area contributed by atoms with E-state index in [9.17, 15) is 18.8 Å². The summed E-state index contributed by atoms with van der Waals surface area (Å²) in [4.78, 5) is 38.2. The summed E-state index contributed by atoms with van der Waals surface area (Å²) in [5, 5.41) is 6.52. The number of carbonyl (C=O) groups is 2. The van der Waals surface area contributed by atoms with Gasteiger partial charge in [0.1, 0.15) is 5.82 Å². The monoisotopic (exact) mass is 397 g/mol. The number of hydrogen-bond acceptors (Lipinski definition) is 5. The zero-order valence-corrected chi connectivity index (χ0v) is 15.5. The van der Waals surface area contributed by atoms with Gasteiger partial charge in [0.05, 0.1) is 12.8 Å². The molecule has 9 heteroatoms. The van der Waals surface area contributed by atoms with Crippen molar-refractivity contribution >= 4 is 18.0 Å². The molecule has 2 aromatic carbocycles. The van der Waals surface area contributed by atoms with Crippen molar-refractivity contribution in [2.24, 2.45) is 5.10 Å². The minimum Gasteiger partial charge on any atom is -0.459 e. The van der Waals surface area contributed by atoms with Gasteiger partial charge in [0, 0.05) is 10.4 Å². The normalized spacial score (nSPS) is 11.0. The van der Waals surface area contributed by atoms with E-state index < -0.39 is 17.3 Å². The molecule has 0 bridgehead atoms. The molecule has 0 radical (unpaired) electrons. The van der Waals surface area contributed by atoms with E-state index in [1.54, 1.807) is 43.3 Å². The molecule has 0 aliphatic carbocycles. The molecule has 148 valence electrons. The number of aromatic nitrogens is 3. The van der Waals surface area contributed by atoms with Crippen LogP contribution in [0.2, 0.25) is 0 Å². The maximum absolute atomic E-state index is 13.3. The second kappa shape index (κ2) is 8.87. The van der Waals surface area contributed by atoms with Crippen LogP contribution in [0, 0.1) is 5.82 Å². The quantitative estimate of drug-likeness (QED) is 0.283. The third-order valence-electron chi connectivity index (χ3n) is 3.92. The Hall–Kier alpha value is -3.88. The number of carbonyl (C=O) groups excluding carboxylic acids is 2. The van der Waals surface area contributed by atoms with E-state index in [0.717, 1.165) is 9.47 Å². The van der Waals surface area contributed by atoms with Crippen molar-refractivity contribution in [2.45, 2.75) is 13.5 Å². The first-order valence-electron chi connectivity index (χ1n) is 8.79. The first kappa shape index (κ1) is 19.9. The topological polar surface area (TPSA) is 97.4 Å². The Bertz CT molecular complexity index is 1120. The summed E-state index contributed by atoms with van der Waals surface area (Å²) in [5.74, 6) is -1.65. The molecule has 1 aromatic heterocycles. The number of halogens is 1. The van der Waals surface area contributed by atoms with Gasteiger partial charge in [0.15, 0.2) is 6.54 Å². The van der Waals surface area contributed by atoms with E-state index in [4.69, 9.17) is 4.74 Å². The summed E-state index contributed by atoms with van der Waals surface area (Å²) in [6.07, 6.45) is 1.25. The highest BCUT2D eigenvalue weighted by molar-refractivity contribution is 5.95. The molecule has 8 nitrogen and oxygen atoms in total. The molecule has 0 saturated heterocycles. The number of rotatable bonds is 7. The highest BCUT2D eigenvalue weighted by Crippen LogP contribution is 2.02. The number of aromatic amines is 1. The van der Waals surface area contributed by atoms with Crippen LogP contribution in [0.5, 0.6) is 0 Å². The van der Waals surface area contributed by atoms with Crippen LogP contribution in [-0.2, 0) is 11.3 Å². The summed E-state index contributed by atoms with van der Waals surface area (Å²) in [6, 6.07) is 14.1. The van der Waals surface area contributed by atoms with Gasteiger partial charge >= 0.3 is 17.2 Å². The fourth-order valence-electron chi connectivity index (χ4n) is 2.59. The lowest BCUT2D eigenvalue weighted by molar-refractivity contribution is -0.744. The number of ketones is 1. The van der Waals surface area contributed by atoms with Gasteiger partial charge in [-0.15, -0.1) is 4.68 Å². The van der Waals surface area contributed by atoms with E-state index in [1.807, 2.05) is 0 Å². The highest BCUT2D eigenvalue weighted by Gasteiger charge is 2.31. The molecule has 3 rings (SSSR count). The molecule has 3 aromatic rings. The minimum absolute atomic E-state index is 0.0582. The fourth-order valence-corrected chi connectivity index (χ4v) is 2.59. The third-order valence-corrected chi connectivity index (χ3v) is 3.92. The Labute approximate surface area is 164 Å². The molecular formula is C20H18FN4O4+. The molecule has 0 aliphatic rings. The molecule has 0 spiro atoms. The zero-order chi connectivity index (χ0) is 20.8. The van der Waals surface area contributed by atoms with Crippen LogP contribution >= 0.6 is 0 Å². The second-order valence-corrected chi connectivity index (χ2v) is 5.96. The number of esters is 1. The van der Waals surface area contributed by atoms with Crippen LogP contribution in [0.3, 0.4) is 0 Å². The Balaban J connectivity index is 1.96. The van der Waals surface area contributed by atoms with Crippen molar-refractivity contribution in [3.05, 3.63) is 87.6 Å². The Morgan fingerprint density at radius 3 is 2.66 bits per heavy atom. The van der Waals surface area contributed by atoms with Crippen molar-refractivity contribution in [1.29, 1.82) is 0 Å². The lowest BCUT2D eigenvalue weighted by atomic mass is 10.1. The molecule has 1 N–H and O–H groups in total. The van der Waals surface area contributed by atoms with Gasteiger partial charge < -0.3 is 4.74 Å². The number of hydrogen-bond donors (Lipinski definition) is 1. The first-order chi connectivity index (χ1) is 14.0. The first-order valence-corrected chi connectivity index (χ1v) is 8.79. The van der Waals surface area contributed by atoms with Gasteiger partial charge in [-0.05, 0) is 24.6 Å². The average Bonchev–Trinajstić information content (AvgIpc) is 3.02. The van der Waals surface area contributed by atoms with E-state index in [-0.39, 0.29) is 24.6 Å². The zero-order valence-electron chi connectivity index (χ0n) is 15.5. The van der Waals surface area contributed by atoms with Gasteiger partial charge in [0.2, 0.25) is 5.78 Å². The third kappa shape index (κ3) is 4.70. The highest BCUT2D eigenvalue weighted by atomic mass is 19.1. The van der Waals surface area contributed by atoms with E-state index in [2.05, 4.69) is 10.3 Å². The standard InChI is InChI=1S/C20H17FN4O4/c1-2-29-20(28)18-19(27)25(22-12-14-7-6-10-16(21)11-14)23-24(18)13-17(26)15-8-4-3-5-9-15/h3-12H,2,13H2,1H3/p+1/b22-12+. The summed E-state index contributed by atoms with van der Waals surface area (Å²) in [6.45, 7) is 1.36. The van der Waals surface area contributed by atoms with Crippen LogP contribution in [-0.4, -0.2) is 34.6 Å². The molecule has 0 aliphatic heterocycles. The Morgan fingerprint density at radius 1 is 1.21 bits per heavy atom. The molecule has 0 amide bonds. The van der Waals surface area contributed by atoms with Crippen LogP contribution in [0.25, 0.3) is 0 Å². The largest absolute Gasteiger partial charge is 0.459 e. The molecule has 0 atom stereocenters. The molecular weight excluding hydrogens is 379 g/mol. The van der Waals surface area contributed by atoms with Gasteiger partial charge in [0.25, 0.3) is 0 Å². The number of nitrogens with zero attached hydrogens (tertiary/aromatic N) is 3. The molecule has 0 unspecified atom stereocenters. The van der Waals surface area contributed by atoms with Crippen molar-refractivity contribution in [3.8, 4) is 0 Å². The van der Waals surface area contributed by atoms with E-state index in [0.29, 0.717) is 11.1 Å². The second-order valence-electron chi connectivity index (χ2n) is 5.96. The van der Waals surface area contributed by atoms with Crippen LogP contribution in [0.4, 0.5) is 4.39 Å². The average molecular weight is 397 g/mol. The van der Waals surface area contributed by atoms with Gasteiger partial charge in [-0.2, -0.15) is 0 Å². The van der Waals surface area contributed by atoms with E-state index >= 15 is 0 Å². The number of Topliss-reactive ketones (excluding diaryl/α,β-unsaturated/α-hetero) is 1. The van der Waals surface area contributed by atoms with Crippen molar-refractivity contribution in [1.82, 2.24) is 10.0 Å². The number of H-pyrrole nitrogens is 1. The van der Waals surface area contributed by atoms with Crippen LogP contribution < -0.4 is 10.2 Å².